The fourth-order valence-corrected chi connectivity index (χ4v) is 3.73. The molecule has 0 fully saturated rings. The third-order valence-electron chi connectivity index (χ3n) is 5.39. The molecule has 0 spiro atoms. The van der Waals surface area contributed by atoms with Gasteiger partial charge in [0.05, 0.1) is 43.6 Å². The van der Waals surface area contributed by atoms with Crippen molar-refractivity contribution in [2.45, 2.75) is 53.0 Å². The van der Waals surface area contributed by atoms with Crippen LogP contribution in [0.25, 0.3) is 5.69 Å². The Labute approximate surface area is 201 Å². The number of carbonyl (C=O) groups is 2. The van der Waals surface area contributed by atoms with Crippen molar-refractivity contribution in [2.24, 2.45) is 0 Å². The summed E-state index contributed by atoms with van der Waals surface area (Å²) >= 11 is 0. The summed E-state index contributed by atoms with van der Waals surface area (Å²) in [4.78, 5) is 28.8. The van der Waals surface area contributed by atoms with E-state index in [9.17, 15) is 9.59 Å². The number of benzene rings is 2. The van der Waals surface area contributed by atoms with Crippen LogP contribution in [0.3, 0.4) is 0 Å². The van der Waals surface area contributed by atoms with Gasteiger partial charge < -0.3 is 14.8 Å². The van der Waals surface area contributed by atoms with Crippen LogP contribution in [-0.2, 0) is 33.7 Å². The van der Waals surface area contributed by atoms with Gasteiger partial charge in [0.1, 0.15) is 5.82 Å². The zero-order chi connectivity index (χ0) is 24.3. The third kappa shape index (κ3) is 6.47. The molecule has 0 amide bonds. The lowest BCUT2D eigenvalue weighted by Gasteiger charge is -2.15. The fourth-order valence-electron chi connectivity index (χ4n) is 3.73. The van der Waals surface area contributed by atoms with Crippen molar-refractivity contribution in [2.75, 3.05) is 18.5 Å². The second kappa shape index (κ2) is 12.6. The lowest BCUT2D eigenvalue weighted by atomic mass is 10.1. The molecular weight excluding hydrogens is 430 g/mol. The van der Waals surface area contributed by atoms with Crippen LogP contribution >= 0.6 is 0 Å². The number of anilines is 1. The third-order valence-corrected chi connectivity index (χ3v) is 5.39. The number of para-hydroxylation sites is 1. The van der Waals surface area contributed by atoms with Gasteiger partial charge in [0, 0.05) is 17.8 Å². The summed E-state index contributed by atoms with van der Waals surface area (Å²) in [5.74, 6) is 0.405. The number of hydrogen-bond acceptors (Lipinski definition) is 6. The van der Waals surface area contributed by atoms with E-state index in [1.807, 2.05) is 48.7 Å². The highest BCUT2D eigenvalue weighted by Crippen LogP contribution is 2.21. The zero-order valence-corrected chi connectivity index (χ0v) is 20.2. The molecule has 1 heterocycles. The standard InChI is InChI=1S/C27H33N3O4/c1-4-7-12-25-29-19-22(18-28-24-11-9-8-10-23(24)27(32)34-6-3)30(25)21-15-13-20(14-16-21)17-26(31)33-5-2/h8-11,13-16,19,28H,4-7,12,17-18H2,1-3H3. The van der Waals surface area contributed by atoms with Crippen molar-refractivity contribution in [3.63, 3.8) is 0 Å². The van der Waals surface area contributed by atoms with E-state index in [0.717, 1.165) is 42.0 Å². The van der Waals surface area contributed by atoms with Gasteiger partial charge in [0.25, 0.3) is 0 Å². The topological polar surface area (TPSA) is 82.5 Å². The first kappa shape index (κ1) is 25.0. The van der Waals surface area contributed by atoms with E-state index in [-0.39, 0.29) is 18.4 Å². The lowest BCUT2D eigenvalue weighted by Crippen LogP contribution is -2.12. The molecule has 0 radical (unpaired) electrons. The van der Waals surface area contributed by atoms with Crippen molar-refractivity contribution >= 4 is 17.6 Å². The van der Waals surface area contributed by atoms with Crippen molar-refractivity contribution in [3.05, 3.63) is 77.4 Å². The van der Waals surface area contributed by atoms with E-state index in [1.54, 1.807) is 19.9 Å². The lowest BCUT2D eigenvalue weighted by molar-refractivity contribution is -0.142. The molecule has 0 aliphatic carbocycles. The van der Waals surface area contributed by atoms with Gasteiger partial charge in [-0.25, -0.2) is 9.78 Å². The minimum atomic E-state index is -0.347. The zero-order valence-electron chi connectivity index (χ0n) is 20.2. The fraction of sp³-hybridized carbons (Fsp3) is 0.370. The highest BCUT2D eigenvalue weighted by Gasteiger charge is 2.15. The summed E-state index contributed by atoms with van der Waals surface area (Å²) in [7, 11) is 0. The molecule has 0 unspecified atom stereocenters. The largest absolute Gasteiger partial charge is 0.466 e. The molecule has 180 valence electrons. The Kier molecular flexibility index (Phi) is 9.26. The predicted molar refractivity (Wildman–Crippen MR) is 132 cm³/mol. The molecule has 3 rings (SSSR count). The molecule has 0 saturated carbocycles. The van der Waals surface area contributed by atoms with Gasteiger partial charge >= 0.3 is 11.9 Å². The minimum absolute atomic E-state index is 0.230. The Bertz CT molecular complexity index is 1090. The number of ether oxygens (including phenoxy) is 2. The van der Waals surface area contributed by atoms with E-state index in [2.05, 4.69) is 21.8 Å². The second-order valence-electron chi connectivity index (χ2n) is 7.87. The van der Waals surface area contributed by atoms with Gasteiger partial charge in [-0.15, -0.1) is 0 Å². The molecule has 1 N–H and O–H groups in total. The molecule has 0 aliphatic heterocycles. The normalized spacial score (nSPS) is 10.7. The SMILES string of the molecule is CCCCc1ncc(CNc2ccccc2C(=O)OCC)n1-c1ccc(CC(=O)OCC)cc1. The Morgan fingerprint density at radius 1 is 0.971 bits per heavy atom. The Morgan fingerprint density at radius 3 is 2.41 bits per heavy atom. The van der Waals surface area contributed by atoms with Gasteiger partial charge in [0.2, 0.25) is 0 Å². The summed E-state index contributed by atoms with van der Waals surface area (Å²) in [5, 5.41) is 3.38. The number of imidazole rings is 1. The average molecular weight is 464 g/mol. The molecule has 0 atom stereocenters. The van der Waals surface area contributed by atoms with Crippen LogP contribution in [0, 0.1) is 0 Å². The maximum absolute atomic E-state index is 12.3. The van der Waals surface area contributed by atoms with E-state index >= 15 is 0 Å². The Morgan fingerprint density at radius 2 is 1.71 bits per heavy atom. The monoisotopic (exact) mass is 463 g/mol. The molecular formula is C27H33N3O4. The summed E-state index contributed by atoms with van der Waals surface area (Å²) in [6, 6.07) is 15.2. The molecule has 2 aromatic carbocycles. The molecule has 0 saturated heterocycles. The number of aryl methyl sites for hydroxylation is 1. The van der Waals surface area contributed by atoms with Gasteiger partial charge in [-0.3, -0.25) is 9.36 Å². The van der Waals surface area contributed by atoms with Crippen LogP contribution in [0.4, 0.5) is 5.69 Å². The average Bonchev–Trinajstić information content (AvgIpc) is 3.25. The second-order valence-corrected chi connectivity index (χ2v) is 7.87. The highest BCUT2D eigenvalue weighted by molar-refractivity contribution is 5.95. The summed E-state index contributed by atoms with van der Waals surface area (Å²) < 4.78 is 12.4. The number of carbonyl (C=O) groups excluding carboxylic acids is 2. The van der Waals surface area contributed by atoms with Crippen molar-refractivity contribution in [1.29, 1.82) is 0 Å². The number of esters is 2. The molecule has 7 heteroatoms. The molecule has 1 aromatic heterocycles. The van der Waals surface area contributed by atoms with Crippen LogP contribution in [0.2, 0.25) is 0 Å². The van der Waals surface area contributed by atoms with Crippen molar-refractivity contribution < 1.29 is 19.1 Å². The van der Waals surface area contributed by atoms with Crippen LogP contribution in [0.5, 0.6) is 0 Å². The van der Waals surface area contributed by atoms with E-state index in [4.69, 9.17) is 9.47 Å². The Balaban J connectivity index is 1.84. The molecule has 0 aliphatic rings. The van der Waals surface area contributed by atoms with Crippen molar-refractivity contribution in [1.82, 2.24) is 9.55 Å². The first-order chi connectivity index (χ1) is 16.6. The first-order valence-corrected chi connectivity index (χ1v) is 11.9. The first-order valence-electron chi connectivity index (χ1n) is 11.9. The number of nitrogens with one attached hydrogen (secondary N) is 1. The van der Waals surface area contributed by atoms with Crippen molar-refractivity contribution in [3.8, 4) is 5.69 Å². The summed E-state index contributed by atoms with van der Waals surface area (Å²) in [6.45, 7) is 6.95. The summed E-state index contributed by atoms with van der Waals surface area (Å²) in [5.41, 5.74) is 4.08. The number of rotatable bonds is 12. The van der Waals surface area contributed by atoms with Gasteiger partial charge in [-0.1, -0.05) is 37.6 Å². The van der Waals surface area contributed by atoms with E-state index in [1.165, 1.54) is 0 Å². The maximum Gasteiger partial charge on any atom is 0.340 e. The quantitative estimate of drug-likeness (QED) is 0.376. The maximum atomic E-state index is 12.3. The predicted octanol–water partition coefficient (Wildman–Crippen LogP) is 5.11. The Hall–Kier alpha value is -3.61. The molecule has 7 nitrogen and oxygen atoms in total. The van der Waals surface area contributed by atoms with Crippen LogP contribution in [0.15, 0.2) is 54.7 Å². The highest BCUT2D eigenvalue weighted by atomic mass is 16.5. The van der Waals surface area contributed by atoms with Crippen LogP contribution < -0.4 is 5.32 Å². The smallest absolute Gasteiger partial charge is 0.340 e. The van der Waals surface area contributed by atoms with Crippen LogP contribution in [-0.4, -0.2) is 34.7 Å². The molecule has 3 aromatic rings. The molecule has 0 bridgehead atoms. The number of aromatic nitrogens is 2. The van der Waals surface area contributed by atoms with Crippen LogP contribution in [0.1, 0.15) is 61.1 Å². The van der Waals surface area contributed by atoms with Gasteiger partial charge in [-0.05, 0) is 50.1 Å². The van der Waals surface area contributed by atoms with E-state index < -0.39 is 0 Å². The number of hydrogen-bond donors (Lipinski definition) is 1. The summed E-state index contributed by atoms with van der Waals surface area (Å²) in [6.07, 6.45) is 5.10. The minimum Gasteiger partial charge on any atom is -0.466 e. The molecule has 34 heavy (non-hydrogen) atoms. The number of nitrogens with zero attached hydrogens (tertiary/aromatic N) is 2. The number of unbranched alkanes of at least 4 members (excludes halogenated alkanes) is 1. The van der Waals surface area contributed by atoms with E-state index in [0.29, 0.717) is 31.0 Å². The van der Waals surface area contributed by atoms with Gasteiger partial charge in [-0.2, -0.15) is 0 Å². The van der Waals surface area contributed by atoms with Gasteiger partial charge in [0.15, 0.2) is 0 Å².